The summed E-state index contributed by atoms with van der Waals surface area (Å²) in [5, 5.41) is 0. The molecule has 0 amide bonds. The molecule has 0 saturated carbocycles. The van der Waals surface area contributed by atoms with Crippen LogP contribution in [0.15, 0.2) is 65.3 Å². The van der Waals surface area contributed by atoms with Crippen molar-refractivity contribution in [3.05, 3.63) is 76.4 Å². The molecule has 0 radical (unpaired) electrons. The van der Waals surface area contributed by atoms with Gasteiger partial charge in [-0.05, 0) is 63.4 Å². The van der Waals surface area contributed by atoms with Crippen molar-refractivity contribution in [1.29, 1.82) is 0 Å². The van der Waals surface area contributed by atoms with E-state index in [4.69, 9.17) is 0 Å². The average molecular weight is 422 g/mol. The fraction of sp³-hybridized carbons (Fsp3) is 0.320. The lowest BCUT2D eigenvalue weighted by atomic mass is 9.79. The Morgan fingerprint density at radius 1 is 0.667 bits per heavy atom. The minimum Gasteiger partial charge on any atom is -0.256 e. The Hall–Kier alpha value is -1.93. The van der Waals surface area contributed by atoms with Crippen molar-refractivity contribution >= 4 is 15.9 Å². The zero-order valence-electron chi connectivity index (χ0n) is 17.1. The number of aromatic nitrogens is 1. The molecule has 140 valence electrons. The molecule has 0 aliphatic heterocycles. The van der Waals surface area contributed by atoms with E-state index >= 15 is 0 Å². The van der Waals surface area contributed by atoms with E-state index in [9.17, 15) is 0 Å². The lowest BCUT2D eigenvalue weighted by Crippen LogP contribution is -2.16. The summed E-state index contributed by atoms with van der Waals surface area (Å²) in [4.78, 5) is 4.52. The SMILES string of the molecule is CC(C)(C)c1cc(-c2cc(Br)cc(-c3ccccn3)c2)cc(C(C)(C)C)c1. The molecule has 1 aromatic heterocycles. The average Bonchev–Trinajstić information content (AvgIpc) is 2.60. The molecule has 1 nitrogen and oxygen atoms in total. The number of rotatable bonds is 2. The predicted molar refractivity (Wildman–Crippen MR) is 120 cm³/mol. The molecule has 0 unspecified atom stereocenters. The van der Waals surface area contributed by atoms with Gasteiger partial charge in [0.1, 0.15) is 0 Å². The van der Waals surface area contributed by atoms with Gasteiger partial charge in [0, 0.05) is 16.2 Å². The molecule has 0 aliphatic carbocycles. The summed E-state index contributed by atoms with van der Waals surface area (Å²) >= 11 is 3.70. The maximum Gasteiger partial charge on any atom is 0.0702 e. The number of pyridine rings is 1. The van der Waals surface area contributed by atoms with Crippen LogP contribution >= 0.6 is 15.9 Å². The summed E-state index contributed by atoms with van der Waals surface area (Å²) in [6.45, 7) is 13.7. The van der Waals surface area contributed by atoms with E-state index in [1.807, 2.05) is 18.3 Å². The van der Waals surface area contributed by atoms with Gasteiger partial charge < -0.3 is 0 Å². The van der Waals surface area contributed by atoms with Gasteiger partial charge in [0.2, 0.25) is 0 Å². The van der Waals surface area contributed by atoms with Crippen molar-refractivity contribution in [3.63, 3.8) is 0 Å². The molecule has 3 rings (SSSR count). The predicted octanol–water partition coefficient (Wildman–Crippen LogP) is 7.77. The third kappa shape index (κ3) is 4.68. The third-order valence-electron chi connectivity index (χ3n) is 4.86. The van der Waals surface area contributed by atoms with Gasteiger partial charge in [-0.2, -0.15) is 0 Å². The van der Waals surface area contributed by atoms with Gasteiger partial charge in [0.25, 0.3) is 0 Å². The minimum atomic E-state index is 0.103. The van der Waals surface area contributed by atoms with Gasteiger partial charge in [0.15, 0.2) is 0 Å². The molecular weight excluding hydrogens is 394 g/mol. The van der Waals surface area contributed by atoms with Gasteiger partial charge in [-0.1, -0.05) is 81.7 Å². The fourth-order valence-electron chi connectivity index (χ4n) is 3.10. The fourth-order valence-corrected chi connectivity index (χ4v) is 3.59. The Bertz CT molecular complexity index is 912. The molecule has 0 aliphatic rings. The highest BCUT2D eigenvalue weighted by Crippen LogP contribution is 2.36. The van der Waals surface area contributed by atoms with E-state index in [2.05, 4.69) is 105 Å². The smallest absolute Gasteiger partial charge is 0.0702 e. The molecule has 1 heterocycles. The lowest BCUT2D eigenvalue weighted by Gasteiger charge is -2.26. The summed E-state index contributed by atoms with van der Waals surface area (Å²) in [6, 6.07) is 19.6. The van der Waals surface area contributed by atoms with Crippen LogP contribution in [0.2, 0.25) is 0 Å². The Balaban J connectivity index is 2.20. The van der Waals surface area contributed by atoms with E-state index in [0.29, 0.717) is 0 Å². The summed E-state index contributed by atoms with van der Waals surface area (Å²) in [6.07, 6.45) is 1.84. The van der Waals surface area contributed by atoms with Crippen molar-refractivity contribution in [2.75, 3.05) is 0 Å². The van der Waals surface area contributed by atoms with Crippen molar-refractivity contribution < 1.29 is 0 Å². The Kier molecular flexibility index (Phi) is 5.31. The van der Waals surface area contributed by atoms with Gasteiger partial charge in [-0.25, -0.2) is 0 Å². The zero-order valence-corrected chi connectivity index (χ0v) is 18.7. The van der Waals surface area contributed by atoms with Crippen molar-refractivity contribution in [1.82, 2.24) is 4.98 Å². The number of halogens is 1. The van der Waals surface area contributed by atoms with E-state index in [1.165, 1.54) is 22.3 Å². The summed E-state index contributed by atoms with van der Waals surface area (Å²) < 4.78 is 1.07. The molecule has 3 aromatic rings. The molecule has 0 bridgehead atoms. The van der Waals surface area contributed by atoms with E-state index in [0.717, 1.165) is 15.7 Å². The minimum absolute atomic E-state index is 0.103. The van der Waals surface area contributed by atoms with Crippen LogP contribution in [0.5, 0.6) is 0 Å². The van der Waals surface area contributed by atoms with Crippen LogP contribution < -0.4 is 0 Å². The largest absolute Gasteiger partial charge is 0.256 e. The molecule has 0 spiro atoms. The van der Waals surface area contributed by atoms with Crippen molar-refractivity contribution in [2.45, 2.75) is 52.4 Å². The first-order chi connectivity index (χ1) is 12.5. The topological polar surface area (TPSA) is 12.9 Å². The molecule has 27 heavy (non-hydrogen) atoms. The number of nitrogens with zero attached hydrogens (tertiary/aromatic N) is 1. The first-order valence-electron chi connectivity index (χ1n) is 9.42. The van der Waals surface area contributed by atoms with Gasteiger partial charge >= 0.3 is 0 Å². The van der Waals surface area contributed by atoms with Gasteiger partial charge in [-0.15, -0.1) is 0 Å². The Morgan fingerprint density at radius 3 is 1.74 bits per heavy atom. The van der Waals surface area contributed by atoms with Crippen LogP contribution in [-0.2, 0) is 10.8 Å². The molecule has 0 atom stereocenters. The molecule has 0 N–H and O–H groups in total. The number of hydrogen-bond donors (Lipinski definition) is 0. The van der Waals surface area contributed by atoms with Crippen LogP contribution in [0.4, 0.5) is 0 Å². The van der Waals surface area contributed by atoms with Crippen LogP contribution in [0, 0.1) is 0 Å². The Labute approximate surface area is 172 Å². The maximum atomic E-state index is 4.52. The Morgan fingerprint density at radius 2 is 1.22 bits per heavy atom. The first kappa shape index (κ1) is 19.8. The van der Waals surface area contributed by atoms with Crippen molar-refractivity contribution in [2.24, 2.45) is 0 Å². The van der Waals surface area contributed by atoms with Gasteiger partial charge in [-0.3, -0.25) is 4.98 Å². The van der Waals surface area contributed by atoms with Crippen LogP contribution in [0.3, 0.4) is 0 Å². The molecule has 0 saturated heterocycles. The van der Waals surface area contributed by atoms with Gasteiger partial charge in [0.05, 0.1) is 5.69 Å². The highest BCUT2D eigenvalue weighted by molar-refractivity contribution is 9.10. The zero-order chi connectivity index (χ0) is 19.8. The summed E-state index contributed by atoms with van der Waals surface area (Å²) in [5.41, 5.74) is 7.51. The third-order valence-corrected chi connectivity index (χ3v) is 5.31. The monoisotopic (exact) mass is 421 g/mol. The second kappa shape index (κ2) is 7.24. The molecule has 0 fully saturated rings. The standard InChI is InChI=1S/C25H28BrN/c1-24(2,3)20-12-18(13-21(16-20)25(4,5)6)17-11-19(15-22(26)14-17)23-9-7-8-10-27-23/h7-16H,1-6H3. The molecule has 2 heteroatoms. The second-order valence-electron chi connectivity index (χ2n) is 9.24. The normalized spacial score (nSPS) is 12.3. The summed E-state index contributed by atoms with van der Waals surface area (Å²) in [5.74, 6) is 0. The highest BCUT2D eigenvalue weighted by Gasteiger charge is 2.21. The lowest BCUT2D eigenvalue weighted by molar-refractivity contribution is 0.569. The number of hydrogen-bond acceptors (Lipinski definition) is 1. The maximum absolute atomic E-state index is 4.52. The molecule has 2 aromatic carbocycles. The van der Waals surface area contributed by atoms with Crippen LogP contribution in [-0.4, -0.2) is 4.98 Å². The number of benzene rings is 2. The summed E-state index contributed by atoms with van der Waals surface area (Å²) in [7, 11) is 0. The van der Waals surface area contributed by atoms with E-state index in [-0.39, 0.29) is 10.8 Å². The first-order valence-corrected chi connectivity index (χ1v) is 10.2. The van der Waals surface area contributed by atoms with E-state index < -0.39 is 0 Å². The quantitative estimate of drug-likeness (QED) is 0.411. The van der Waals surface area contributed by atoms with E-state index in [1.54, 1.807) is 0 Å². The highest BCUT2D eigenvalue weighted by atomic mass is 79.9. The van der Waals surface area contributed by atoms with Crippen LogP contribution in [0.25, 0.3) is 22.4 Å². The second-order valence-corrected chi connectivity index (χ2v) is 10.2. The molecular formula is C25H28BrN. The van der Waals surface area contributed by atoms with Crippen LogP contribution in [0.1, 0.15) is 52.7 Å². The van der Waals surface area contributed by atoms with Crippen molar-refractivity contribution in [3.8, 4) is 22.4 Å².